The summed E-state index contributed by atoms with van der Waals surface area (Å²) in [4.78, 5) is 25.0. The first-order valence-electron chi connectivity index (χ1n) is 8.91. The van der Waals surface area contributed by atoms with E-state index in [-0.39, 0.29) is 6.54 Å². The lowest BCUT2D eigenvalue weighted by atomic mass is 10.1. The Hall–Kier alpha value is -1.89. The number of thioether (sulfide) groups is 1. The second-order valence-electron chi connectivity index (χ2n) is 7.10. The predicted molar refractivity (Wildman–Crippen MR) is 106 cm³/mol. The Morgan fingerprint density at radius 2 is 1.65 bits per heavy atom. The summed E-state index contributed by atoms with van der Waals surface area (Å²) in [5, 5.41) is 9.15. The first kappa shape index (κ1) is 22.2. The lowest BCUT2D eigenvalue weighted by Crippen LogP contribution is -2.40. The minimum absolute atomic E-state index is 0.171. The molecule has 7 heteroatoms. The number of carbonyl (C=O) groups is 2. The van der Waals surface area contributed by atoms with Crippen LogP contribution in [0.2, 0.25) is 0 Å². The third kappa shape index (κ3) is 9.56. The van der Waals surface area contributed by atoms with E-state index in [4.69, 9.17) is 15.6 Å². The summed E-state index contributed by atoms with van der Waals surface area (Å²) in [7, 11) is 0. The number of nitrogens with zero attached hydrogens (tertiary/aromatic N) is 1. The van der Waals surface area contributed by atoms with Crippen LogP contribution < -0.4 is 5.73 Å². The van der Waals surface area contributed by atoms with E-state index in [1.54, 1.807) is 20.8 Å². The van der Waals surface area contributed by atoms with E-state index in [1.807, 2.05) is 36.0 Å². The van der Waals surface area contributed by atoms with Gasteiger partial charge in [0, 0.05) is 17.1 Å². The number of unbranched alkanes of at least 4 members (excludes halogenated alkanes) is 4. The number of nitrogens with two attached hydrogens (primary N) is 1. The van der Waals surface area contributed by atoms with Crippen LogP contribution in [-0.2, 0) is 4.74 Å². The molecule has 0 fully saturated rings. The molecule has 1 aromatic carbocycles. The maximum Gasteiger partial charge on any atom is 0.419 e. The van der Waals surface area contributed by atoms with Crippen molar-refractivity contribution in [2.24, 2.45) is 0 Å². The van der Waals surface area contributed by atoms with Crippen molar-refractivity contribution in [3.8, 4) is 0 Å². The number of carboxylic acid groups (broad SMARTS) is 1. The fraction of sp³-hybridized carbons (Fsp3) is 0.579. The molecule has 0 aliphatic rings. The van der Waals surface area contributed by atoms with E-state index < -0.39 is 17.8 Å². The number of anilines is 1. The Morgan fingerprint density at radius 3 is 2.23 bits per heavy atom. The summed E-state index contributed by atoms with van der Waals surface area (Å²) in [6, 6.07) is 7.86. The highest BCUT2D eigenvalue weighted by molar-refractivity contribution is 7.99. The monoisotopic (exact) mass is 382 g/mol. The van der Waals surface area contributed by atoms with E-state index in [0.29, 0.717) is 6.42 Å². The number of amides is 2. The van der Waals surface area contributed by atoms with E-state index in [9.17, 15) is 9.59 Å². The number of imide groups is 1. The normalized spacial score (nSPS) is 11.2. The summed E-state index contributed by atoms with van der Waals surface area (Å²) < 4.78 is 5.12. The molecule has 0 aliphatic heterocycles. The van der Waals surface area contributed by atoms with E-state index in [1.165, 1.54) is 4.90 Å². The molecule has 6 nitrogen and oxygen atoms in total. The van der Waals surface area contributed by atoms with Gasteiger partial charge in [-0.1, -0.05) is 19.3 Å². The predicted octanol–water partition coefficient (Wildman–Crippen LogP) is 5.23. The fourth-order valence-corrected chi connectivity index (χ4v) is 3.15. The van der Waals surface area contributed by atoms with Crippen molar-refractivity contribution in [2.75, 3.05) is 18.0 Å². The van der Waals surface area contributed by atoms with Crippen LogP contribution in [0, 0.1) is 0 Å². The lowest BCUT2D eigenvalue weighted by molar-refractivity contribution is 0.0267. The maximum atomic E-state index is 11.9. The number of nitrogen functional groups attached to an aromatic ring is 1. The third-order valence-electron chi connectivity index (χ3n) is 3.52. The zero-order valence-electron chi connectivity index (χ0n) is 15.9. The number of benzene rings is 1. The first-order chi connectivity index (χ1) is 12.2. The van der Waals surface area contributed by atoms with Gasteiger partial charge in [0.1, 0.15) is 5.60 Å². The van der Waals surface area contributed by atoms with Crippen molar-refractivity contribution < 1.29 is 19.4 Å². The Morgan fingerprint density at radius 1 is 1.08 bits per heavy atom. The molecular formula is C19H30N2O4S. The molecule has 0 saturated carbocycles. The van der Waals surface area contributed by atoms with Gasteiger partial charge in [-0.05, 0) is 63.6 Å². The van der Waals surface area contributed by atoms with Crippen molar-refractivity contribution in [1.29, 1.82) is 0 Å². The van der Waals surface area contributed by atoms with Crippen LogP contribution in [0.15, 0.2) is 29.2 Å². The Labute approximate surface area is 160 Å². The topological polar surface area (TPSA) is 92.9 Å². The zero-order valence-corrected chi connectivity index (χ0v) is 16.7. The fourth-order valence-electron chi connectivity index (χ4n) is 2.24. The smallest absolute Gasteiger partial charge is 0.419 e. The average molecular weight is 383 g/mol. The zero-order chi connectivity index (χ0) is 19.6. The standard InChI is InChI=1S/C19H30N2O4S/c1-19(2,3)25-18(24)21(17(22)23)13-7-5-4-6-8-14-26-16-11-9-15(20)10-12-16/h9-12H,4-8,13-14,20H2,1-3H3,(H,22,23). The van der Waals surface area contributed by atoms with Gasteiger partial charge in [-0.2, -0.15) is 0 Å². The number of hydrogen-bond acceptors (Lipinski definition) is 5. The van der Waals surface area contributed by atoms with Crippen molar-refractivity contribution >= 4 is 29.6 Å². The molecule has 3 N–H and O–H groups in total. The number of hydrogen-bond donors (Lipinski definition) is 2. The second kappa shape index (κ2) is 11.0. The first-order valence-corrected chi connectivity index (χ1v) is 9.89. The number of ether oxygens (including phenoxy) is 1. The number of rotatable bonds is 9. The highest BCUT2D eigenvalue weighted by atomic mass is 32.2. The van der Waals surface area contributed by atoms with E-state index in [0.717, 1.165) is 42.0 Å². The highest BCUT2D eigenvalue weighted by Gasteiger charge is 2.26. The van der Waals surface area contributed by atoms with Gasteiger partial charge in [0.25, 0.3) is 0 Å². The van der Waals surface area contributed by atoms with Gasteiger partial charge in [-0.3, -0.25) is 0 Å². The van der Waals surface area contributed by atoms with Gasteiger partial charge in [0.2, 0.25) is 0 Å². The van der Waals surface area contributed by atoms with E-state index >= 15 is 0 Å². The largest absolute Gasteiger partial charge is 0.465 e. The third-order valence-corrected chi connectivity index (χ3v) is 4.62. The minimum atomic E-state index is -1.26. The van der Waals surface area contributed by atoms with Crippen LogP contribution in [0.4, 0.5) is 15.3 Å². The van der Waals surface area contributed by atoms with Crippen LogP contribution in [0.3, 0.4) is 0 Å². The summed E-state index contributed by atoms with van der Waals surface area (Å²) in [5.74, 6) is 1.04. The van der Waals surface area contributed by atoms with Crippen LogP contribution in [0.25, 0.3) is 0 Å². The van der Waals surface area contributed by atoms with E-state index in [2.05, 4.69) is 0 Å². The molecular weight excluding hydrogens is 352 g/mol. The van der Waals surface area contributed by atoms with Crippen molar-refractivity contribution in [3.63, 3.8) is 0 Å². The van der Waals surface area contributed by atoms with Crippen LogP contribution in [0.1, 0.15) is 52.9 Å². The molecule has 0 atom stereocenters. The molecule has 0 saturated heterocycles. The summed E-state index contributed by atoms with van der Waals surface area (Å²) in [6.45, 7) is 5.32. The molecule has 26 heavy (non-hydrogen) atoms. The van der Waals surface area contributed by atoms with Gasteiger partial charge in [0.05, 0.1) is 0 Å². The van der Waals surface area contributed by atoms with Crippen LogP contribution in [0.5, 0.6) is 0 Å². The summed E-state index contributed by atoms with van der Waals surface area (Å²) in [6.07, 6.45) is 2.68. The molecule has 0 spiro atoms. The van der Waals surface area contributed by atoms with Gasteiger partial charge in [-0.15, -0.1) is 11.8 Å². The molecule has 146 valence electrons. The average Bonchev–Trinajstić information content (AvgIpc) is 2.53. The highest BCUT2D eigenvalue weighted by Crippen LogP contribution is 2.21. The van der Waals surface area contributed by atoms with Crippen molar-refractivity contribution in [3.05, 3.63) is 24.3 Å². The van der Waals surface area contributed by atoms with Crippen molar-refractivity contribution in [2.45, 2.75) is 63.4 Å². The summed E-state index contributed by atoms with van der Waals surface area (Å²) in [5.41, 5.74) is 5.73. The summed E-state index contributed by atoms with van der Waals surface area (Å²) >= 11 is 1.81. The van der Waals surface area contributed by atoms with Gasteiger partial charge in [0.15, 0.2) is 0 Å². The molecule has 1 rings (SSSR count). The van der Waals surface area contributed by atoms with Gasteiger partial charge in [-0.25, -0.2) is 14.5 Å². The molecule has 0 aliphatic carbocycles. The molecule has 2 amide bonds. The van der Waals surface area contributed by atoms with Crippen LogP contribution in [-0.4, -0.2) is 40.1 Å². The number of carbonyl (C=O) groups excluding carboxylic acids is 1. The molecule has 1 aromatic rings. The van der Waals surface area contributed by atoms with Crippen LogP contribution >= 0.6 is 11.8 Å². The Bertz CT molecular complexity index is 570. The molecule has 0 aromatic heterocycles. The quantitative estimate of drug-likeness (QED) is 0.345. The SMILES string of the molecule is CC(C)(C)OC(=O)N(CCCCCCCSc1ccc(N)cc1)C(=O)O. The molecule has 0 unspecified atom stereocenters. The molecule has 0 heterocycles. The Kier molecular flexibility index (Phi) is 9.34. The maximum absolute atomic E-state index is 11.9. The molecule has 0 bridgehead atoms. The van der Waals surface area contributed by atoms with Gasteiger partial charge < -0.3 is 15.6 Å². The Balaban J connectivity index is 2.15. The minimum Gasteiger partial charge on any atom is -0.465 e. The van der Waals surface area contributed by atoms with Crippen molar-refractivity contribution in [1.82, 2.24) is 4.90 Å². The molecule has 0 radical (unpaired) electrons. The second-order valence-corrected chi connectivity index (χ2v) is 8.27. The lowest BCUT2D eigenvalue weighted by Gasteiger charge is -2.24. The van der Waals surface area contributed by atoms with Gasteiger partial charge >= 0.3 is 12.2 Å².